The third kappa shape index (κ3) is 2.28. The first-order valence-corrected chi connectivity index (χ1v) is 7.37. The van der Waals surface area contributed by atoms with Crippen molar-refractivity contribution in [3.05, 3.63) is 35.4 Å². The average molecular weight is 239 g/mol. The van der Waals surface area contributed by atoms with E-state index in [1.165, 1.54) is 11.8 Å². The predicted octanol–water partition coefficient (Wildman–Crippen LogP) is 1.79. The lowest BCUT2D eigenvalue weighted by Gasteiger charge is -2.36. The minimum Gasteiger partial charge on any atom is -0.213 e. The molecular formula is C12H17NO2S. The van der Waals surface area contributed by atoms with Crippen molar-refractivity contribution in [2.24, 2.45) is 0 Å². The van der Waals surface area contributed by atoms with Crippen LogP contribution in [0.2, 0.25) is 0 Å². The van der Waals surface area contributed by atoms with Crippen LogP contribution >= 0.6 is 0 Å². The van der Waals surface area contributed by atoms with Crippen molar-refractivity contribution >= 4 is 10.0 Å². The van der Waals surface area contributed by atoms with Gasteiger partial charge in [0.2, 0.25) is 10.0 Å². The molecule has 88 valence electrons. The summed E-state index contributed by atoms with van der Waals surface area (Å²) in [4.78, 5) is 0. The Kier molecular flexibility index (Phi) is 2.80. The van der Waals surface area contributed by atoms with Crippen molar-refractivity contribution in [3.8, 4) is 0 Å². The van der Waals surface area contributed by atoms with Gasteiger partial charge >= 0.3 is 0 Å². The summed E-state index contributed by atoms with van der Waals surface area (Å²) in [5, 5.41) is 0. The fraction of sp³-hybridized carbons (Fsp3) is 0.500. The summed E-state index contributed by atoms with van der Waals surface area (Å²) >= 11 is 0. The van der Waals surface area contributed by atoms with E-state index in [2.05, 4.69) is 10.8 Å². The number of hydrogen-bond acceptors (Lipinski definition) is 2. The van der Waals surface area contributed by atoms with Gasteiger partial charge in [-0.1, -0.05) is 24.3 Å². The summed E-state index contributed by atoms with van der Waals surface area (Å²) < 4.78 is 25.6. The lowest BCUT2D eigenvalue weighted by molar-refractivity contribution is 0.367. The molecule has 1 N–H and O–H groups in total. The molecule has 0 amide bonds. The largest absolute Gasteiger partial charge is 0.213 e. The van der Waals surface area contributed by atoms with Crippen molar-refractivity contribution in [1.29, 1.82) is 0 Å². The van der Waals surface area contributed by atoms with Gasteiger partial charge in [0.05, 0.1) is 11.8 Å². The highest BCUT2D eigenvalue weighted by Crippen LogP contribution is 2.35. The average Bonchev–Trinajstić information content (AvgIpc) is 2.15. The van der Waals surface area contributed by atoms with E-state index < -0.39 is 15.6 Å². The summed E-state index contributed by atoms with van der Waals surface area (Å²) in [6.07, 6.45) is 4.14. The first-order valence-electron chi connectivity index (χ1n) is 5.48. The SMILES string of the molecule is CC1(NS(C)(=O)=O)CCCc2ccccc21. The number of benzene rings is 1. The van der Waals surface area contributed by atoms with Gasteiger partial charge in [0.1, 0.15) is 0 Å². The van der Waals surface area contributed by atoms with Gasteiger partial charge in [-0.2, -0.15) is 0 Å². The molecule has 1 aromatic carbocycles. The minimum absolute atomic E-state index is 0.442. The molecule has 3 nitrogen and oxygen atoms in total. The van der Waals surface area contributed by atoms with Gasteiger partial charge in [0, 0.05) is 0 Å². The van der Waals surface area contributed by atoms with Crippen LogP contribution < -0.4 is 4.72 Å². The molecular weight excluding hydrogens is 222 g/mol. The van der Waals surface area contributed by atoms with Gasteiger partial charge in [-0.3, -0.25) is 0 Å². The standard InChI is InChI=1S/C12H17NO2S/c1-12(13-16(2,14)15)9-5-7-10-6-3-4-8-11(10)12/h3-4,6,8,13H,5,7,9H2,1-2H3. The molecule has 0 radical (unpaired) electrons. The fourth-order valence-electron chi connectivity index (χ4n) is 2.56. The molecule has 0 spiro atoms. The van der Waals surface area contributed by atoms with Gasteiger partial charge in [-0.15, -0.1) is 0 Å². The van der Waals surface area contributed by atoms with Crippen molar-refractivity contribution in [1.82, 2.24) is 4.72 Å². The molecule has 0 heterocycles. The normalized spacial score (nSPS) is 25.1. The molecule has 0 aromatic heterocycles. The number of hydrogen-bond donors (Lipinski definition) is 1. The number of sulfonamides is 1. The van der Waals surface area contributed by atoms with Crippen LogP contribution in [0.4, 0.5) is 0 Å². The molecule has 4 heteroatoms. The maximum atomic E-state index is 11.4. The summed E-state index contributed by atoms with van der Waals surface area (Å²) in [5.41, 5.74) is 1.93. The molecule has 1 aliphatic rings. The quantitative estimate of drug-likeness (QED) is 0.855. The van der Waals surface area contributed by atoms with E-state index in [0.717, 1.165) is 24.8 Å². The van der Waals surface area contributed by atoms with Crippen LogP contribution in [0.1, 0.15) is 30.9 Å². The third-order valence-corrected chi connectivity index (χ3v) is 3.97. The molecule has 0 fully saturated rings. The zero-order valence-corrected chi connectivity index (χ0v) is 10.5. The predicted molar refractivity (Wildman–Crippen MR) is 64.7 cm³/mol. The first-order chi connectivity index (χ1) is 7.41. The smallest absolute Gasteiger partial charge is 0.209 e. The highest BCUT2D eigenvalue weighted by Gasteiger charge is 2.33. The van der Waals surface area contributed by atoms with Gasteiger partial charge in [-0.05, 0) is 37.3 Å². The Morgan fingerprint density at radius 3 is 2.69 bits per heavy atom. The second kappa shape index (κ2) is 3.86. The second-order valence-corrected chi connectivity index (χ2v) is 6.47. The van der Waals surface area contributed by atoms with Gasteiger partial charge in [0.25, 0.3) is 0 Å². The Balaban J connectivity index is 2.44. The topological polar surface area (TPSA) is 46.2 Å². The molecule has 0 aliphatic heterocycles. The minimum atomic E-state index is -3.17. The van der Waals surface area contributed by atoms with E-state index in [9.17, 15) is 8.42 Å². The third-order valence-electron chi connectivity index (χ3n) is 3.15. The maximum Gasteiger partial charge on any atom is 0.209 e. The zero-order valence-electron chi connectivity index (χ0n) is 9.66. The molecule has 0 bridgehead atoms. The van der Waals surface area contributed by atoms with E-state index in [1.807, 2.05) is 25.1 Å². The van der Waals surface area contributed by atoms with E-state index >= 15 is 0 Å². The Morgan fingerprint density at radius 1 is 1.31 bits per heavy atom. The van der Waals surface area contributed by atoms with Crippen LogP contribution in [0.3, 0.4) is 0 Å². The number of nitrogens with one attached hydrogen (secondary N) is 1. The molecule has 2 rings (SSSR count). The van der Waals surface area contributed by atoms with E-state index in [0.29, 0.717) is 0 Å². The lowest BCUT2D eigenvalue weighted by atomic mass is 9.79. The van der Waals surface area contributed by atoms with Crippen LogP contribution in [-0.2, 0) is 22.0 Å². The Morgan fingerprint density at radius 2 is 2.00 bits per heavy atom. The van der Waals surface area contributed by atoms with Crippen molar-refractivity contribution in [3.63, 3.8) is 0 Å². The van der Waals surface area contributed by atoms with Gasteiger partial charge < -0.3 is 0 Å². The summed E-state index contributed by atoms with van der Waals surface area (Å²) in [5.74, 6) is 0. The van der Waals surface area contributed by atoms with Crippen LogP contribution in [-0.4, -0.2) is 14.7 Å². The Bertz CT molecular complexity index is 495. The summed E-state index contributed by atoms with van der Waals surface area (Å²) in [7, 11) is -3.17. The highest BCUT2D eigenvalue weighted by atomic mass is 32.2. The molecule has 16 heavy (non-hydrogen) atoms. The molecule has 1 aromatic rings. The molecule has 1 unspecified atom stereocenters. The Labute approximate surface area is 96.9 Å². The maximum absolute atomic E-state index is 11.4. The van der Waals surface area contributed by atoms with E-state index in [1.54, 1.807) is 0 Å². The second-order valence-electron chi connectivity index (χ2n) is 4.72. The summed E-state index contributed by atoms with van der Waals surface area (Å²) in [6.45, 7) is 1.96. The van der Waals surface area contributed by atoms with Crippen LogP contribution in [0.5, 0.6) is 0 Å². The van der Waals surface area contributed by atoms with Crippen molar-refractivity contribution in [2.75, 3.05) is 6.26 Å². The van der Waals surface area contributed by atoms with Crippen LogP contribution in [0.15, 0.2) is 24.3 Å². The van der Waals surface area contributed by atoms with Crippen molar-refractivity contribution in [2.45, 2.75) is 31.7 Å². The number of fused-ring (bicyclic) bond motifs is 1. The molecule has 0 saturated carbocycles. The van der Waals surface area contributed by atoms with E-state index in [-0.39, 0.29) is 0 Å². The first kappa shape index (κ1) is 11.6. The lowest BCUT2D eigenvalue weighted by Crippen LogP contribution is -2.45. The highest BCUT2D eigenvalue weighted by molar-refractivity contribution is 7.88. The van der Waals surface area contributed by atoms with Crippen LogP contribution in [0, 0.1) is 0 Å². The fourth-order valence-corrected chi connectivity index (χ4v) is 3.59. The molecule has 0 saturated heterocycles. The van der Waals surface area contributed by atoms with Crippen molar-refractivity contribution < 1.29 is 8.42 Å². The zero-order chi connectivity index (χ0) is 11.8. The molecule has 1 atom stereocenters. The van der Waals surface area contributed by atoms with Crippen LogP contribution in [0.25, 0.3) is 0 Å². The number of rotatable bonds is 2. The van der Waals surface area contributed by atoms with Gasteiger partial charge in [0.15, 0.2) is 0 Å². The Hall–Kier alpha value is -0.870. The van der Waals surface area contributed by atoms with Gasteiger partial charge in [-0.25, -0.2) is 13.1 Å². The molecule has 1 aliphatic carbocycles. The summed E-state index contributed by atoms with van der Waals surface area (Å²) in [6, 6.07) is 8.07. The number of aryl methyl sites for hydroxylation is 1. The monoisotopic (exact) mass is 239 g/mol. The van der Waals surface area contributed by atoms with E-state index in [4.69, 9.17) is 0 Å².